The maximum Gasteiger partial charge on any atom is 0.234 e. The summed E-state index contributed by atoms with van der Waals surface area (Å²) in [5, 5.41) is 12.9. The van der Waals surface area contributed by atoms with E-state index in [9.17, 15) is 9.59 Å². The molecule has 1 heterocycles. The number of nitrogens with zero attached hydrogens (tertiary/aromatic N) is 3. The molecule has 0 spiro atoms. The molecular formula is C20H18Cl2N4O2S. The molecule has 29 heavy (non-hydrogen) atoms. The van der Waals surface area contributed by atoms with Crippen LogP contribution in [-0.4, -0.2) is 32.2 Å². The fourth-order valence-corrected chi connectivity index (χ4v) is 3.96. The van der Waals surface area contributed by atoms with Gasteiger partial charge in [-0.15, -0.1) is 10.2 Å². The maximum absolute atomic E-state index is 12.3. The van der Waals surface area contributed by atoms with Gasteiger partial charge in [0.2, 0.25) is 5.91 Å². The highest BCUT2D eigenvalue weighted by atomic mass is 35.5. The van der Waals surface area contributed by atoms with Crippen LogP contribution in [0.1, 0.15) is 24.2 Å². The second kappa shape index (κ2) is 9.43. The second-order valence-electron chi connectivity index (χ2n) is 6.14. The van der Waals surface area contributed by atoms with Crippen molar-refractivity contribution in [2.45, 2.75) is 25.5 Å². The van der Waals surface area contributed by atoms with Crippen LogP contribution in [0.4, 0.5) is 5.69 Å². The van der Waals surface area contributed by atoms with Gasteiger partial charge < -0.3 is 9.88 Å². The lowest BCUT2D eigenvalue weighted by molar-refractivity contribution is -0.113. The molecule has 6 nitrogen and oxygen atoms in total. The number of rotatable bonds is 7. The zero-order valence-electron chi connectivity index (χ0n) is 15.8. The van der Waals surface area contributed by atoms with Gasteiger partial charge in [0.15, 0.2) is 16.8 Å². The van der Waals surface area contributed by atoms with E-state index in [1.54, 1.807) is 42.5 Å². The number of amides is 1. The molecule has 150 valence electrons. The zero-order chi connectivity index (χ0) is 21.0. The maximum atomic E-state index is 12.3. The van der Waals surface area contributed by atoms with Gasteiger partial charge in [-0.1, -0.05) is 35.0 Å². The van der Waals surface area contributed by atoms with Gasteiger partial charge in [0.1, 0.15) is 0 Å². The molecule has 1 aromatic heterocycles. The Hall–Kier alpha value is -2.35. The van der Waals surface area contributed by atoms with Gasteiger partial charge in [0.25, 0.3) is 0 Å². The van der Waals surface area contributed by atoms with Crippen molar-refractivity contribution >= 4 is 52.3 Å². The summed E-state index contributed by atoms with van der Waals surface area (Å²) in [6.07, 6.45) is 0. The van der Waals surface area contributed by atoms with E-state index in [1.807, 2.05) is 11.5 Å². The van der Waals surface area contributed by atoms with Crippen LogP contribution in [0.15, 0.2) is 47.6 Å². The van der Waals surface area contributed by atoms with Gasteiger partial charge >= 0.3 is 0 Å². The lowest BCUT2D eigenvalue weighted by atomic mass is 10.1. The second-order valence-corrected chi connectivity index (χ2v) is 7.93. The number of hydrogen-bond acceptors (Lipinski definition) is 5. The number of carbonyl (C=O) groups excluding carboxylic acids is 2. The molecule has 0 saturated carbocycles. The summed E-state index contributed by atoms with van der Waals surface area (Å²) in [5.74, 6) is 0.592. The van der Waals surface area contributed by atoms with Gasteiger partial charge in [-0.3, -0.25) is 9.59 Å². The highest BCUT2D eigenvalue weighted by Gasteiger charge is 2.17. The summed E-state index contributed by atoms with van der Waals surface area (Å²) < 4.78 is 1.90. The number of carbonyl (C=O) groups is 2. The van der Waals surface area contributed by atoms with Gasteiger partial charge in [-0.2, -0.15) is 0 Å². The number of hydrogen-bond donors (Lipinski definition) is 1. The summed E-state index contributed by atoms with van der Waals surface area (Å²) in [6.45, 7) is 4.09. The molecule has 0 bridgehead atoms. The molecule has 0 aliphatic rings. The third kappa shape index (κ3) is 5.18. The summed E-state index contributed by atoms with van der Waals surface area (Å²) in [4.78, 5) is 23.6. The normalized spacial score (nSPS) is 10.8. The first-order valence-corrected chi connectivity index (χ1v) is 10.6. The van der Waals surface area contributed by atoms with E-state index in [4.69, 9.17) is 23.2 Å². The molecule has 0 atom stereocenters. The van der Waals surface area contributed by atoms with E-state index < -0.39 is 0 Å². The van der Waals surface area contributed by atoms with Crippen molar-refractivity contribution in [3.8, 4) is 11.4 Å². The smallest absolute Gasteiger partial charge is 0.234 e. The van der Waals surface area contributed by atoms with Crippen LogP contribution < -0.4 is 5.32 Å². The van der Waals surface area contributed by atoms with E-state index in [0.29, 0.717) is 38.8 Å². The number of aromatic nitrogens is 3. The van der Waals surface area contributed by atoms with Gasteiger partial charge in [-0.25, -0.2) is 0 Å². The van der Waals surface area contributed by atoms with E-state index in [-0.39, 0.29) is 17.4 Å². The summed E-state index contributed by atoms with van der Waals surface area (Å²) in [7, 11) is 0. The van der Waals surface area contributed by atoms with Crippen molar-refractivity contribution < 1.29 is 9.59 Å². The number of ketones is 1. The summed E-state index contributed by atoms with van der Waals surface area (Å²) in [6, 6.07) is 12.0. The van der Waals surface area contributed by atoms with Crippen molar-refractivity contribution in [1.82, 2.24) is 14.8 Å². The predicted octanol–water partition coefficient (Wildman–Crippen LogP) is 5.21. The molecule has 1 N–H and O–H groups in total. The first-order valence-electron chi connectivity index (χ1n) is 8.81. The third-order valence-corrected chi connectivity index (χ3v) is 5.63. The lowest BCUT2D eigenvalue weighted by Crippen LogP contribution is -2.14. The largest absolute Gasteiger partial charge is 0.325 e. The predicted molar refractivity (Wildman–Crippen MR) is 117 cm³/mol. The minimum absolute atomic E-state index is 0.0195. The van der Waals surface area contributed by atoms with Crippen LogP contribution in [-0.2, 0) is 11.3 Å². The van der Waals surface area contributed by atoms with Gasteiger partial charge in [-0.05, 0) is 56.3 Å². The average Bonchev–Trinajstić information content (AvgIpc) is 3.09. The lowest BCUT2D eigenvalue weighted by Gasteiger charge is -2.09. The van der Waals surface area contributed by atoms with Gasteiger partial charge in [0.05, 0.1) is 10.8 Å². The van der Waals surface area contributed by atoms with E-state index in [1.165, 1.54) is 18.7 Å². The molecule has 0 aliphatic heterocycles. The number of nitrogens with one attached hydrogen (secondary N) is 1. The molecule has 2 aromatic carbocycles. The van der Waals surface area contributed by atoms with Gasteiger partial charge in [0, 0.05) is 28.4 Å². The Morgan fingerprint density at radius 1 is 1.10 bits per heavy atom. The molecule has 0 fully saturated rings. The zero-order valence-corrected chi connectivity index (χ0v) is 18.1. The molecule has 1 amide bonds. The molecule has 9 heteroatoms. The Labute approximate surface area is 182 Å². The van der Waals surface area contributed by atoms with Crippen LogP contribution >= 0.6 is 35.0 Å². The fourth-order valence-electron chi connectivity index (χ4n) is 2.67. The highest BCUT2D eigenvalue weighted by molar-refractivity contribution is 7.99. The van der Waals surface area contributed by atoms with Crippen LogP contribution in [0.5, 0.6) is 0 Å². The first kappa shape index (κ1) is 21.4. The number of anilines is 1. The van der Waals surface area contributed by atoms with Crippen molar-refractivity contribution in [3.05, 3.63) is 58.1 Å². The van der Waals surface area contributed by atoms with Crippen molar-refractivity contribution in [1.29, 1.82) is 0 Å². The molecule has 0 saturated heterocycles. The number of thioether (sulfide) groups is 1. The highest BCUT2D eigenvalue weighted by Crippen LogP contribution is 2.31. The van der Waals surface area contributed by atoms with E-state index in [2.05, 4.69) is 15.5 Å². The SMILES string of the molecule is CCn1c(SCC(=O)Nc2ccc(C(C)=O)cc2)nnc1-c1ccc(Cl)cc1Cl. The molecule has 0 radical (unpaired) electrons. The Bertz CT molecular complexity index is 1050. The monoisotopic (exact) mass is 448 g/mol. The summed E-state index contributed by atoms with van der Waals surface area (Å²) >= 11 is 13.5. The topological polar surface area (TPSA) is 76.9 Å². The number of halogens is 2. The average molecular weight is 449 g/mol. The quantitative estimate of drug-likeness (QED) is 0.396. The fraction of sp³-hybridized carbons (Fsp3) is 0.200. The van der Waals surface area contributed by atoms with Crippen LogP contribution in [0, 0.1) is 0 Å². The van der Waals surface area contributed by atoms with Crippen molar-refractivity contribution in [2.24, 2.45) is 0 Å². The number of Topliss-reactive ketones (excluding diaryl/α,β-unsaturated/α-hetero) is 1. The Morgan fingerprint density at radius 3 is 2.45 bits per heavy atom. The van der Waals surface area contributed by atoms with E-state index >= 15 is 0 Å². The molecule has 0 unspecified atom stereocenters. The molecule has 3 rings (SSSR count). The van der Waals surface area contributed by atoms with Crippen LogP contribution in [0.2, 0.25) is 10.0 Å². The van der Waals surface area contributed by atoms with Crippen molar-refractivity contribution in [3.63, 3.8) is 0 Å². The Kier molecular flexibility index (Phi) is 6.95. The Balaban J connectivity index is 1.68. The minimum atomic E-state index is -0.178. The third-order valence-electron chi connectivity index (χ3n) is 4.11. The minimum Gasteiger partial charge on any atom is -0.325 e. The summed E-state index contributed by atoms with van der Waals surface area (Å²) in [5.41, 5.74) is 1.96. The van der Waals surface area contributed by atoms with E-state index in [0.717, 1.165) is 5.56 Å². The first-order chi connectivity index (χ1) is 13.9. The van der Waals surface area contributed by atoms with Crippen LogP contribution in [0.25, 0.3) is 11.4 Å². The van der Waals surface area contributed by atoms with Crippen molar-refractivity contribution in [2.75, 3.05) is 11.1 Å². The number of benzene rings is 2. The van der Waals surface area contributed by atoms with Crippen LogP contribution in [0.3, 0.4) is 0 Å². The molecule has 0 aliphatic carbocycles. The molecule has 3 aromatic rings. The standard InChI is InChI=1S/C20H18Cl2N4O2S/c1-3-26-19(16-9-6-14(21)10-17(16)22)24-25-20(26)29-11-18(28)23-15-7-4-13(5-8-15)12(2)27/h4-10H,3,11H2,1-2H3,(H,23,28). The Morgan fingerprint density at radius 2 is 1.83 bits per heavy atom. The molecular weight excluding hydrogens is 431 g/mol.